The van der Waals surface area contributed by atoms with Crippen molar-refractivity contribution in [2.45, 2.75) is 39.7 Å². The Morgan fingerprint density at radius 2 is 1.86 bits per heavy atom. The van der Waals surface area contributed by atoms with Crippen molar-refractivity contribution in [1.29, 1.82) is 0 Å². The van der Waals surface area contributed by atoms with Gasteiger partial charge in [-0.05, 0) is 48.9 Å². The molecule has 0 radical (unpaired) electrons. The van der Waals surface area contributed by atoms with Crippen LogP contribution in [0.3, 0.4) is 0 Å². The molecule has 0 heterocycles. The van der Waals surface area contributed by atoms with Crippen LogP contribution in [0.1, 0.15) is 38.7 Å². The first-order valence-electron chi connectivity index (χ1n) is 7.87. The van der Waals surface area contributed by atoms with Crippen molar-refractivity contribution in [1.82, 2.24) is 5.32 Å². The Morgan fingerprint density at radius 1 is 1.24 bits per heavy atom. The Morgan fingerprint density at radius 3 is 2.33 bits per heavy atom. The molecule has 1 aliphatic carbocycles. The second-order valence-electron chi connectivity index (χ2n) is 6.61. The lowest BCUT2D eigenvalue weighted by Gasteiger charge is -2.31. The van der Waals surface area contributed by atoms with E-state index in [-0.39, 0.29) is 5.69 Å². The molecule has 0 aromatic heterocycles. The van der Waals surface area contributed by atoms with Crippen molar-refractivity contribution in [2.24, 2.45) is 11.8 Å². The molecule has 0 bridgehead atoms. The third-order valence-electron chi connectivity index (χ3n) is 4.10. The van der Waals surface area contributed by atoms with Crippen molar-refractivity contribution < 1.29 is 8.78 Å². The SMILES string of the molecule is CC(C)CNCc1cc(F)c(N(C)CC2CCC2)c(F)c1. The Kier molecular flexibility index (Phi) is 5.57. The quantitative estimate of drug-likeness (QED) is 0.819. The molecule has 0 unspecified atom stereocenters. The summed E-state index contributed by atoms with van der Waals surface area (Å²) in [7, 11) is 1.77. The van der Waals surface area contributed by atoms with Gasteiger partial charge in [0, 0.05) is 20.1 Å². The summed E-state index contributed by atoms with van der Waals surface area (Å²) in [5, 5.41) is 3.21. The van der Waals surface area contributed by atoms with Crippen molar-refractivity contribution >= 4 is 5.69 Å². The van der Waals surface area contributed by atoms with Gasteiger partial charge in [-0.15, -0.1) is 0 Å². The number of halogens is 2. The maximum absolute atomic E-state index is 14.2. The van der Waals surface area contributed by atoms with Crippen molar-refractivity contribution in [2.75, 3.05) is 25.0 Å². The Hall–Kier alpha value is -1.16. The smallest absolute Gasteiger partial charge is 0.149 e. The maximum Gasteiger partial charge on any atom is 0.149 e. The minimum Gasteiger partial charge on any atom is -0.370 e. The fourth-order valence-electron chi connectivity index (χ4n) is 2.74. The van der Waals surface area contributed by atoms with Gasteiger partial charge in [0.05, 0.1) is 0 Å². The largest absolute Gasteiger partial charge is 0.370 e. The van der Waals surface area contributed by atoms with Crippen LogP contribution in [0, 0.1) is 23.5 Å². The zero-order chi connectivity index (χ0) is 15.4. The standard InChI is InChI=1S/C17H26F2N2/c1-12(2)9-20-10-14-7-15(18)17(16(19)8-14)21(3)11-13-5-4-6-13/h7-8,12-13,20H,4-6,9-11H2,1-3H3. The third kappa shape index (κ3) is 4.40. The van der Waals surface area contributed by atoms with E-state index in [4.69, 9.17) is 0 Å². The molecule has 1 aromatic carbocycles. The average molecular weight is 296 g/mol. The molecule has 1 aliphatic rings. The zero-order valence-electron chi connectivity index (χ0n) is 13.3. The summed E-state index contributed by atoms with van der Waals surface area (Å²) < 4.78 is 28.4. The molecule has 1 fully saturated rings. The molecular weight excluding hydrogens is 270 g/mol. The average Bonchev–Trinajstić information content (AvgIpc) is 2.32. The van der Waals surface area contributed by atoms with Crippen LogP contribution in [-0.2, 0) is 6.54 Å². The number of nitrogens with one attached hydrogen (secondary N) is 1. The molecule has 1 N–H and O–H groups in total. The van der Waals surface area contributed by atoms with E-state index in [1.54, 1.807) is 11.9 Å². The van der Waals surface area contributed by atoms with Gasteiger partial charge in [0.15, 0.2) is 0 Å². The molecule has 0 atom stereocenters. The normalized spacial score (nSPS) is 15.3. The first kappa shape index (κ1) is 16.2. The molecule has 0 saturated heterocycles. The van der Waals surface area contributed by atoms with Crippen LogP contribution in [0.15, 0.2) is 12.1 Å². The van der Waals surface area contributed by atoms with Gasteiger partial charge in [0.1, 0.15) is 17.3 Å². The van der Waals surface area contributed by atoms with E-state index < -0.39 is 11.6 Å². The fourth-order valence-corrected chi connectivity index (χ4v) is 2.74. The first-order valence-corrected chi connectivity index (χ1v) is 7.87. The van der Waals surface area contributed by atoms with E-state index in [1.165, 1.54) is 31.4 Å². The molecule has 2 nitrogen and oxygen atoms in total. The Balaban J connectivity index is 2.01. The summed E-state index contributed by atoms with van der Waals surface area (Å²) in [6.45, 7) is 6.28. The van der Waals surface area contributed by atoms with Crippen LogP contribution in [0.5, 0.6) is 0 Å². The second-order valence-corrected chi connectivity index (χ2v) is 6.61. The summed E-state index contributed by atoms with van der Waals surface area (Å²) >= 11 is 0. The van der Waals surface area contributed by atoms with Gasteiger partial charge in [0.2, 0.25) is 0 Å². The molecule has 2 rings (SSSR count). The van der Waals surface area contributed by atoms with Gasteiger partial charge < -0.3 is 10.2 Å². The monoisotopic (exact) mass is 296 g/mol. The van der Waals surface area contributed by atoms with Crippen LogP contribution in [0.2, 0.25) is 0 Å². The molecule has 4 heteroatoms. The van der Waals surface area contributed by atoms with E-state index in [0.29, 0.717) is 23.9 Å². The molecule has 1 aromatic rings. The van der Waals surface area contributed by atoms with Crippen LogP contribution >= 0.6 is 0 Å². The molecular formula is C17H26F2N2. The van der Waals surface area contributed by atoms with Gasteiger partial charge in [-0.1, -0.05) is 20.3 Å². The predicted octanol–water partition coefficient (Wildman–Crippen LogP) is 3.95. The maximum atomic E-state index is 14.2. The van der Waals surface area contributed by atoms with E-state index >= 15 is 0 Å². The van der Waals surface area contributed by atoms with Crippen LogP contribution in [0.4, 0.5) is 14.5 Å². The van der Waals surface area contributed by atoms with Gasteiger partial charge >= 0.3 is 0 Å². The molecule has 0 amide bonds. The van der Waals surface area contributed by atoms with E-state index in [1.807, 2.05) is 0 Å². The second kappa shape index (κ2) is 7.21. The summed E-state index contributed by atoms with van der Waals surface area (Å²) in [6.07, 6.45) is 3.58. The summed E-state index contributed by atoms with van der Waals surface area (Å²) in [6, 6.07) is 2.89. The highest BCUT2D eigenvalue weighted by Crippen LogP contribution is 2.30. The number of hydrogen-bond acceptors (Lipinski definition) is 2. The lowest BCUT2D eigenvalue weighted by atomic mass is 9.85. The summed E-state index contributed by atoms with van der Waals surface area (Å²) in [5.74, 6) is 0.185. The van der Waals surface area contributed by atoms with Crippen LogP contribution < -0.4 is 10.2 Å². The molecule has 21 heavy (non-hydrogen) atoms. The molecule has 1 saturated carbocycles. The minimum atomic E-state index is -0.460. The minimum absolute atomic E-state index is 0.106. The Bertz CT molecular complexity index is 447. The number of hydrogen-bond donors (Lipinski definition) is 1. The highest BCUT2D eigenvalue weighted by molar-refractivity contribution is 5.50. The number of nitrogens with zero attached hydrogens (tertiary/aromatic N) is 1. The topological polar surface area (TPSA) is 15.3 Å². The molecule has 0 spiro atoms. The van der Waals surface area contributed by atoms with Crippen molar-refractivity contribution in [3.63, 3.8) is 0 Å². The lowest BCUT2D eigenvalue weighted by Crippen LogP contribution is -2.30. The predicted molar refractivity (Wildman–Crippen MR) is 83.5 cm³/mol. The van der Waals surface area contributed by atoms with Gasteiger partial charge in [-0.2, -0.15) is 0 Å². The molecule has 118 valence electrons. The summed E-state index contributed by atoms with van der Waals surface area (Å²) in [4.78, 5) is 1.72. The third-order valence-corrected chi connectivity index (χ3v) is 4.10. The van der Waals surface area contributed by atoms with Crippen molar-refractivity contribution in [3.8, 4) is 0 Å². The van der Waals surface area contributed by atoms with Crippen LogP contribution in [-0.4, -0.2) is 20.1 Å². The molecule has 0 aliphatic heterocycles. The number of rotatable bonds is 7. The first-order chi connectivity index (χ1) is 9.97. The Labute approximate surface area is 126 Å². The van der Waals surface area contributed by atoms with Crippen LogP contribution in [0.25, 0.3) is 0 Å². The number of anilines is 1. The highest BCUT2D eigenvalue weighted by Gasteiger charge is 2.22. The summed E-state index contributed by atoms with van der Waals surface area (Å²) in [5.41, 5.74) is 0.765. The van der Waals surface area contributed by atoms with E-state index in [9.17, 15) is 8.78 Å². The van der Waals surface area contributed by atoms with Gasteiger partial charge in [-0.3, -0.25) is 0 Å². The van der Waals surface area contributed by atoms with E-state index in [0.717, 1.165) is 13.1 Å². The van der Waals surface area contributed by atoms with Gasteiger partial charge in [0.25, 0.3) is 0 Å². The highest BCUT2D eigenvalue weighted by atomic mass is 19.1. The van der Waals surface area contributed by atoms with Crippen molar-refractivity contribution in [3.05, 3.63) is 29.3 Å². The number of benzene rings is 1. The zero-order valence-corrected chi connectivity index (χ0v) is 13.3. The lowest BCUT2D eigenvalue weighted by molar-refractivity contribution is 0.320. The van der Waals surface area contributed by atoms with Gasteiger partial charge in [-0.25, -0.2) is 8.78 Å². The fraction of sp³-hybridized carbons (Fsp3) is 0.647. The van der Waals surface area contributed by atoms with E-state index in [2.05, 4.69) is 19.2 Å².